The summed E-state index contributed by atoms with van der Waals surface area (Å²) in [5, 5.41) is 9.10. The Hall–Kier alpha value is -2.91. The number of alkyl halides is 3. The lowest BCUT2D eigenvalue weighted by Crippen LogP contribution is -2.52. The second kappa shape index (κ2) is 8.62. The molecule has 29 heavy (non-hydrogen) atoms. The van der Waals surface area contributed by atoms with Gasteiger partial charge in [0, 0.05) is 31.7 Å². The molecule has 0 aromatic heterocycles. The fourth-order valence-electron chi connectivity index (χ4n) is 3.42. The molecular weight excluding hydrogens is 387 g/mol. The maximum Gasteiger partial charge on any atom is 0.416 e. The van der Waals surface area contributed by atoms with Gasteiger partial charge in [0.2, 0.25) is 0 Å². The maximum absolute atomic E-state index is 12.9. The number of nitrogens with one attached hydrogen (secondary N) is 1. The second-order valence-corrected chi connectivity index (χ2v) is 6.70. The molecule has 1 unspecified atom stereocenters. The first-order valence-corrected chi connectivity index (χ1v) is 9.00. The molecule has 1 atom stereocenters. The number of halogens is 3. The van der Waals surface area contributed by atoms with E-state index in [-0.39, 0.29) is 18.7 Å². The average Bonchev–Trinajstić information content (AvgIpc) is 2.74. The normalized spacial score (nSPS) is 16.3. The second-order valence-electron chi connectivity index (χ2n) is 6.70. The summed E-state index contributed by atoms with van der Waals surface area (Å²) in [4.78, 5) is 28.1. The van der Waals surface area contributed by atoms with Crippen molar-refractivity contribution >= 4 is 11.8 Å². The number of benzene rings is 2. The van der Waals surface area contributed by atoms with Crippen LogP contribution >= 0.6 is 0 Å². The van der Waals surface area contributed by atoms with Crippen LogP contribution in [0.5, 0.6) is 0 Å². The summed E-state index contributed by atoms with van der Waals surface area (Å²) in [5.41, 5.74) is 1.47. The number of hydroxylamine groups is 1. The molecule has 1 fully saturated rings. The van der Waals surface area contributed by atoms with Crippen LogP contribution in [-0.4, -0.2) is 53.0 Å². The molecule has 9 heteroatoms. The Labute approximate surface area is 165 Å². The molecule has 0 saturated carbocycles. The third kappa shape index (κ3) is 4.75. The van der Waals surface area contributed by atoms with Crippen LogP contribution in [-0.2, 0) is 11.0 Å². The van der Waals surface area contributed by atoms with Crippen LogP contribution in [0.1, 0.15) is 27.5 Å². The van der Waals surface area contributed by atoms with Crippen molar-refractivity contribution in [1.82, 2.24) is 15.3 Å². The minimum absolute atomic E-state index is 0.0269. The van der Waals surface area contributed by atoms with Crippen LogP contribution in [0.4, 0.5) is 13.2 Å². The first-order chi connectivity index (χ1) is 13.8. The van der Waals surface area contributed by atoms with Crippen molar-refractivity contribution in [3.05, 3.63) is 71.3 Å². The largest absolute Gasteiger partial charge is 0.416 e. The van der Waals surface area contributed by atoms with Crippen LogP contribution in [0.2, 0.25) is 0 Å². The van der Waals surface area contributed by atoms with Gasteiger partial charge in [-0.25, -0.2) is 5.48 Å². The smallest absolute Gasteiger partial charge is 0.336 e. The molecule has 1 heterocycles. The Kier molecular flexibility index (Phi) is 6.19. The molecule has 2 aromatic rings. The van der Waals surface area contributed by atoms with E-state index in [0.717, 1.165) is 12.1 Å². The van der Waals surface area contributed by atoms with Gasteiger partial charge in [0.15, 0.2) is 0 Å². The van der Waals surface area contributed by atoms with E-state index in [9.17, 15) is 22.8 Å². The molecule has 2 N–H and O–H groups in total. The van der Waals surface area contributed by atoms with Crippen LogP contribution in [0.25, 0.3) is 0 Å². The van der Waals surface area contributed by atoms with Crippen molar-refractivity contribution in [2.24, 2.45) is 0 Å². The zero-order valence-corrected chi connectivity index (χ0v) is 15.4. The van der Waals surface area contributed by atoms with E-state index in [4.69, 9.17) is 5.21 Å². The highest BCUT2D eigenvalue weighted by Crippen LogP contribution is 2.30. The number of carbonyl (C=O) groups excluding carboxylic acids is 2. The highest BCUT2D eigenvalue weighted by Gasteiger charge is 2.33. The van der Waals surface area contributed by atoms with Crippen LogP contribution in [0.3, 0.4) is 0 Å². The van der Waals surface area contributed by atoms with Crippen LogP contribution < -0.4 is 5.48 Å². The highest BCUT2D eigenvalue weighted by atomic mass is 19.4. The van der Waals surface area contributed by atoms with Crippen LogP contribution in [0.15, 0.2) is 54.6 Å². The van der Waals surface area contributed by atoms with E-state index in [2.05, 4.69) is 0 Å². The minimum Gasteiger partial charge on any atom is -0.336 e. The lowest BCUT2D eigenvalue weighted by atomic mass is 10.0. The summed E-state index contributed by atoms with van der Waals surface area (Å²) in [6.45, 7) is 1.16. The SMILES string of the molecule is O=C(NO)C(c1ccccc1)N1CCN(C(=O)c2cccc(C(F)(F)F)c2)CC1. The van der Waals surface area contributed by atoms with Gasteiger partial charge in [-0.3, -0.25) is 19.7 Å². The number of rotatable bonds is 4. The summed E-state index contributed by atoms with van der Waals surface area (Å²) in [7, 11) is 0. The number of carbonyl (C=O) groups is 2. The predicted molar refractivity (Wildman–Crippen MR) is 98.0 cm³/mol. The summed E-state index contributed by atoms with van der Waals surface area (Å²) >= 11 is 0. The van der Waals surface area contributed by atoms with E-state index in [1.54, 1.807) is 29.7 Å². The maximum atomic E-state index is 12.9. The molecule has 2 amide bonds. The number of piperazine rings is 1. The quantitative estimate of drug-likeness (QED) is 0.604. The molecule has 0 spiro atoms. The van der Waals surface area contributed by atoms with Crippen molar-refractivity contribution in [2.45, 2.75) is 12.2 Å². The number of amides is 2. The van der Waals surface area contributed by atoms with Crippen molar-refractivity contribution in [3.8, 4) is 0 Å². The van der Waals surface area contributed by atoms with Crippen molar-refractivity contribution in [1.29, 1.82) is 0 Å². The topological polar surface area (TPSA) is 72.9 Å². The summed E-state index contributed by atoms with van der Waals surface area (Å²) in [6, 6.07) is 12.5. The predicted octanol–water partition coefficient (Wildman–Crippen LogP) is 2.71. The van der Waals surface area contributed by atoms with Crippen LogP contribution in [0, 0.1) is 0 Å². The van der Waals surface area contributed by atoms with Gasteiger partial charge in [-0.05, 0) is 23.8 Å². The Morgan fingerprint density at radius 3 is 2.21 bits per heavy atom. The fourth-order valence-corrected chi connectivity index (χ4v) is 3.42. The summed E-state index contributed by atoms with van der Waals surface area (Å²) in [6.07, 6.45) is -4.52. The molecule has 1 aliphatic rings. The zero-order chi connectivity index (χ0) is 21.0. The van der Waals surface area contributed by atoms with E-state index in [1.165, 1.54) is 17.0 Å². The molecule has 2 aromatic carbocycles. The number of nitrogens with zero attached hydrogens (tertiary/aromatic N) is 2. The molecule has 1 aliphatic heterocycles. The molecule has 6 nitrogen and oxygen atoms in total. The van der Waals surface area contributed by atoms with Gasteiger partial charge in [0.1, 0.15) is 6.04 Å². The van der Waals surface area contributed by atoms with Gasteiger partial charge < -0.3 is 4.90 Å². The van der Waals surface area contributed by atoms with Gasteiger partial charge in [-0.2, -0.15) is 13.2 Å². The molecule has 0 aliphatic carbocycles. The molecule has 154 valence electrons. The van der Waals surface area contributed by atoms with Gasteiger partial charge in [-0.15, -0.1) is 0 Å². The zero-order valence-electron chi connectivity index (χ0n) is 15.4. The van der Waals surface area contributed by atoms with E-state index >= 15 is 0 Å². The minimum atomic E-state index is -4.52. The van der Waals surface area contributed by atoms with Crippen molar-refractivity contribution in [2.75, 3.05) is 26.2 Å². The molecule has 1 saturated heterocycles. The third-order valence-electron chi connectivity index (χ3n) is 4.88. The summed E-state index contributed by atoms with van der Waals surface area (Å²) in [5.74, 6) is -1.08. The first kappa shape index (κ1) is 20.8. The average molecular weight is 407 g/mol. The van der Waals surface area contributed by atoms with Gasteiger partial charge in [0.25, 0.3) is 11.8 Å². The Morgan fingerprint density at radius 2 is 1.62 bits per heavy atom. The first-order valence-electron chi connectivity index (χ1n) is 9.00. The Balaban J connectivity index is 1.71. The molecule has 0 radical (unpaired) electrons. The van der Waals surface area contributed by atoms with E-state index in [1.807, 2.05) is 11.0 Å². The Bertz CT molecular complexity index is 866. The highest BCUT2D eigenvalue weighted by molar-refractivity contribution is 5.94. The monoisotopic (exact) mass is 407 g/mol. The molecule has 0 bridgehead atoms. The molecular formula is C20H20F3N3O3. The fraction of sp³-hybridized carbons (Fsp3) is 0.300. The van der Waals surface area contributed by atoms with E-state index in [0.29, 0.717) is 18.7 Å². The molecule has 3 rings (SSSR count). The van der Waals surface area contributed by atoms with Gasteiger partial charge >= 0.3 is 6.18 Å². The van der Waals surface area contributed by atoms with E-state index < -0.39 is 29.6 Å². The third-order valence-corrected chi connectivity index (χ3v) is 4.88. The van der Waals surface area contributed by atoms with Gasteiger partial charge in [0.05, 0.1) is 5.56 Å². The number of hydrogen-bond donors (Lipinski definition) is 2. The number of hydrogen-bond acceptors (Lipinski definition) is 4. The lowest BCUT2D eigenvalue weighted by molar-refractivity contribution is -0.137. The van der Waals surface area contributed by atoms with Crippen molar-refractivity contribution < 1.29 is 28.0 Å². The summed E-state index contributed by atoms with van der Waals surface area (Å²) < 4.78 is 38.7. The standard InChI is InChI=1S/C20H20F3N3O3/c21-20(22,23)16-8-4-7-15(13-16)19(28)26-11-9-25(10-12-26)17(18(27)24-29)14-5-2-1-3-6-14/h1-8,13,17,29H,9-12H2,(H,24,27). The van der Waals surface area contributed by atoms with Crippen molar-refractivity contribution in [3.63, 3.8) is 0 Å². The lowest BCUT2D eigenvalue weighted by Gasteiger charge is -2.38. The Morgan fingerprint density at radius 1 is 0.966 bits per heavy atom. The van der Waals surface area contributed by atoms with Gasteiger partial charge in [-0.1, -0.05) is 36.4 Å².